The van der Waals surface area contributed by atoms with E-state index in [0.717, 1.165) is 22.8 Å². The lowest BCUT2D eigenvalue weighted by Crippen LogP contribution is -2.62. The minimum atomic E-state index is -4.21. The molecule has 0 fully saturated rings. The van der Waals surface area contributed by atoms with Gasteiger partial charge in [-0.05, 0) is 45.4 Å². The summed E-state index contributed by atoms with van der Waals surface area (Å²) in [4.78, 5) is 23.9. The van der Waals surface area contributed by atoms with E-state index in [-0.39, 0.29) is 17.7 Å². The van der Waals surface area contributed by atoms with E-state index in [1.165, 1.54) is 18.2 Å². The van der Waals surface area contributed by atoms with E-state index >= 15 is 0 Å². The highest BCUT2D eigenvalue weighted by Crippen LogP contribution is 2.42. The van der Waals surface area contributed by atoms with Gasteiger partial charge in [0, 0.05) is 17.4 Å². The van der Waals surface area contributed by atoms with Gasteiger partial charge in [-0.25, -0.2) is 12.7 Å². The summed E-state index contributed by atoms with van der Waals surface area (Å²) >= 11 is 0. The van der Waals surface area contributed by atoms with E-state index in [9.17, 15) is 23.3 Å². The fourth-order valence-corrected chi connectivity index (χ4v) is 5.19. The van der Waals surface area contributed by atoms with E-state index in [1.54, 1.807) is 19.1 Å². The van der Waals surface area contributed by atoms with Crippen LogP contribution in [0, 0.1) is 17.0 Å². The van der Waals surface area contributed by atoms with Gasteiger partial charge >= 0.3 is 0 Å². The number of sulfonamides is 1. The Kier molecular flexibility index (Phi) is 4.26. The number of fused-ring (bicyclic) bond motifs is 1. The Labute approximate surface area is 152 Å². The van der Waals surface area contributed by atoms with Gasteiger partial charge in [0.1, 0.15) is 6.04 Å². The number of nitro groups is 1. The summed E-state index contributed by atoms with van der Waals surface area (Å²) < 4.78 is 27.0. The van der Waals surface area contributed by atoms with Crippen LogP contribution in [0.25, 0.3) is 0 Å². The smallest absolute Gasteiger partial charge is 0.267 e. The van der Waals surface area contributed by atoms with Gasteiger partial charge < -0.3 is 0 Å². The molecule has 3 rings (SSSR count). The topological polar surface area (TPSA) is 97.6 Å². The van der Waals surface area contributed by atoms with Crippen molar-refractivity contribution in [2.75, 3.05) is 0 Å². The molecule has 0 radical (unpaired) electrons. The number of aryl methyl sites for hydroxylation is 1. The van der Waals surface area contributed by atoms with Crippen LogP contribution >= 0.6 is 0 Å². The number of amides is 1. The van der Waals surface area contributed by atoms with Crippen molar-refractivity contribution in [1.29, 1.82) is 0 Å². The van der Waals surface area contributed by atoms with Crippen molar-refractivity contribution >= 4 is 15.9 Å². The van der Waals surface area contributed by atoms with Crippen molar-refractivity contribution in [1.82, 2.24) is 4.31 Å². The predicted molar refractivity (Wildman–Crippen MR) is 95.5 cm³/mol. The van der Waals surface area contributed by atoms with Crippen LogP contribution in [0.1, 0.15) is 32.3 Å². The molecule has 7 nitrogen and oxygen atoms in total. The van der Waals surface area contributed by atoms with Crippen LogP contribution < -0.4 is 0 Å². The zero-order valence-corrected chi connectivity index (χ0v) is 15.6. The number of carbonyl (C=O) groups is 1. The van der Waals surface area contributed by atoms with Crippen LogP contribution in [0.15, 0.2) is 52.5 Å². The van der Waals surface area contributed by atoms with E-state index in [2.05, 4.69) is 0 Å². The van der Waals surface area contributed by atoms with Crippen molar-refractivity contribution in [3.63, 3.8) is 0 Å². The Balaban J connectivity index is 2.18. The standard InChI is InChI=1S/C18H20N2O5S/c1-12-4-6-15(7-5-12)26(24,25)19-16-10-13(2)14(3)11-18(16,20(22)23)9-8-17(19)21/h4-9,16H,10-11H2,1-3H3/t16-,18-/m1/s1. The predicted octanol–water partition coefficient (Wildman–Crippen LogP) is 2.60. The molecule has 0 saturated carbocycles. The number of benzene rings is 1. The summed E-state index contributed by atoms with van der Waals surface area (Å²) in [5.74, 6) is -0.750. The second-order valence-corrected chi connectivity index (χ2v) is 8.81. The van der Waals surface area contributed by atoms with E-state index < -0.39 is 32.4 Å². The molecular weight excluding hydrogens is 356 g/mol. The molecule has 1 aliphatic carbocycles. The number of nitrogens with zero attached hydrogens (tertiary/aromatic N) is 2. The maximum absolute atomic E-state index is 13.1. The lowest BCUT2D eigenvalue weighted by Gasteiger charge is -2.43. The zero-order chi connectivity index (χ0) is 19.3. The normalized spacial score (nSPS) is 26.0. The highest BCUT2D eigenvalue weighted by molar-refractivity contribution is 7.89. The molecule has 1 heterocycles. The fourth-order valence-electron chi connectivity index (χ4n) is 3.59. The summed E-state index contributed by atoms with van der Waals surface area (Å²) in [5.41, 5.74) is 0.972. The molecule has 8 heteroatoms. The van der Waals surface area contributed by atoms with Crippen LogP contribution in [0.4, 0.5) is 0 Å². The van der Waals surface area contributed by atoms with Crippen molar-refractivity contribution in [3.05, 3.63) is 63.2 Å². The third-order valence-electron chi connectivity index (χ3n) is 5.29. The van der Waals surface area contributed by atoms with Crippen LogP contribution in [-0.4, -0.2) is 35.1 Å². The Hall–Kier alpha value is -2.48. The molecule has 1 amide bonds. The molecule has 0 N–H and O–H groups in total. The molecule has 0 spiro atoms. The van der Waals surface area contributed by atoms with Gasteiger partial charge in [0.25, 0.3) is 21.5 Å². The van der Waals surface area contributed by atoms with Gasteiger partial charge in [0.15, 0.2) is 0 Å². The summed E-state index contributed by atoms with van der Waals surface area (Å²) in [5, 5.41) is 11.9. The lowest BCUT2D eigenvalue weighted by atomic mass is 9.73. The summed E-state index contributed by atoms with van der Waals surface area (Å²) in [6.07, 6.45) is 2.50. The van der Waals surface area contributed by atoms with E-state index in [0.29, 0.717) is 4.31 Å². The molecule has 1 aliphatic heterocycles. The van der Waals surface area contributed by atoms with Crippen molar-refractivity contribution in [3.8, 4) is 0 Å². The maximum atomic E-state index is 13.1. The van der Waals surface area contributed by atoms with Crippen molar-refractivity contribution in [2.45, 2.75) is 50.1 Å². The molecule has 0 unspecified atom stereocenters. The maximum Gasteiger partial charge on any atom is 0.267 e. The molecule has 138 valence electrons. The molecule has 1 aromatic carbocycles. The first-order valence-corrected chi connectivity index (χ1v) is 9.67. The molecule has 2 atom stereocenters. The highest BCUT2D eigenvalue weighted by Gasteiger charge is 2.59. The zero-order valence-electron chi connectivity index (χ0n) is 14.8. The second-order valence-electron chi connectivity index (χ2n) is 6.99. The molecule has 1 aromatic rings. The molecule has 2 aliphatic rings. The fraction of sp³-hybridized carbons (Fsp3) is 0.389. The van der Waals surface area contributed by atoms with E-state index in [4.69, 9.17) is 0 Å². The Morgan fingerprint density at radius 3 is 2.35 bits per heavy atom. The molecule has 0 aromatic heterocycles. The molecule has 0 saturated heterocycles. The average molecular weight is 376 g/mol. The molecule has 26 heavy (non-hydrogen) atoms. The monoisotopic (exact) mass is 376 g/mol. The first kappa shape index (κ1) is 18.3. The Morgan fingerprint density at radius 2 is 1.77 bits per heavy atom. The summed E-state index contributed by atoms with van der Waals surface area (Å²) in [6.45, 7) is 5.44. The third-order valence-corrected chi connectivity index (χ3v) is 7.11. The van der Waals surface area contributed by atoms with Crippen LogP contribution in [-0.2, 0) is 14.8 Å². The van der Waals surface area contributed by atoms with Crippen LogP contribution in [0.3, 0.4) is 0 Å². The van der Waals surface area contributed by atoms with Gasteiger partial charge in [0.05, 0.1) is 4.90 Å². The number of hydrogen-bond donors (Lipinski definition) is 0. The summed E-state index contributed by atoms with van der Waals surface area (Å²) in [6, 6.07) is 5.02. The Morgan fingerprint density at radius 1 is 1.15 bits per heavy atom. The molecule has 0 bridgehead atoms. The first-order valence-electron chi connectivity index (χ1n) is 8.23. The second kappa shape index (κ2) is 6.05. The quantitative estimate of drug-likeness (QED) is 0.459. The van der Waals surface area contributed by atoms with Crippen molar-refractivity contribution < 1.29 is 18.1 Å². The first-order chi connectivity index (χ1) is 12.1. The number of carbonyl (C=O) groups excluding carboxylic acids is 1. The van der Waals surface area contributed by atoms with Gasteiger partial charge in [-0.15, -0.1) is 0 Å². The number of hydrogen-bond acceptors (Lipinski definition) is 5. The average Bonchev–Trinajstić information content (AvgIpc) is 2.56. The lowest BCUT2D eigenvalue weighted by molar-refractivity contribution is -0.562. The minimum absolute atomic E-state index is 0.0482. The van der Waals surface area contributed by atoms with E-state index in [1.807, 2.05) is 13.8 Å². The minimum Gasteiger partial charge on any atom is -0.269 e. The van der Waals surface area contributed by atoms with Gasteiger partial charge in [-0.1, -0.05) is 28.8 Å². The SMILES string of the molecule is CC1=C(C)C[C@]2([N+](=O)[O-])C=CC(=O)N(S(=O)(=O)c3ccc(C)cc3)[C@@H]2C1. The van der Waals surface area contributed by atoms with Gasteiger partial charge in [0.2, 0.25) is 0 Å². The van der Waals surface area contributed by atoms with Gasteiger partial charge in [-0.3, -0.25) is 14.9 Å². The van der Waals surface area contributed by atoms with Crippen LogP contribution in [0.5, 0.6) is 0 Å². The highest BCUT2D eigenvalue weighted by atomic mass is 32.2. The largest absolute Gasteiger partial charge is 0.269 e. The van der Waals surface area contributed by atoms with Crippen LogP contribution in [0.2, 0.25) is 0 Å². The van der Waals surface area contributed by atoms with Gasteiger partial charge in [-0.2, -0.15) is 0 Å². The third kappa shape index (κ3) is 2.65. The molecular formula is C18H20N2O5S. The number of rotatable bonds is 3. The summed E-state index contributed by atoms with van der Waals surface area (Å²) in [7, 11) is -4.21. The Bertz CT molecular complexity index is 946. The van der Waals surface area contributed by atoms with Crippen molar-refractivity contribution in [2.24, 2.45) is 0 Å².